The predicted molar refractivity (Wildman–Crippen MR) is 293 cm³/mol. The first-order valence-electron chi connectivity index (χ1n) is 26.9. The van der Waals surface area contributed by atoms with Crippen LogP contribution >= 0.6 is 0 Å². The van der Waals surface area contributed by atoms with Gasteiger partial charge in [0, 0.05) is 54.4 Å². The van der Waals surface area contributed by atoms with Crippen molar-refractivity contribution in [1.29, 1.82) is 0 Å². The maximum atomic E-state index is 14.4. The molecule has 11 nitrogen and oxygen atoms in total. The molecule has 1 heterocycles. The maximum absolute atomic E-state index is 14.4. The first-order valence-corrected chi connectivity index (χ1v) is 26.9. The first-order chi connectivity index (χ1) is 36.5. The molecule has 8 rings (SSSR count). The molecule has 5 aromatic rings. The number of fused-ring (bicyclic) bond motifs is 1. The van der Waals surface area contributed by atoms with Crippen molar-refractivity contribution in [2.45, 2.75) is 150 Å². The molecule has 3 aliphatic rings. The third-order valence-electron chi connectivity index (χ3n) is 15.2. The molecule has 0 N–H and O–H groups in total. The van der Waals surface area contributed by atoms with Crippen molar-refractivity contribution >= 4 is 29.8 Å². The summed E-state index contributed by atoms with van der Waals surface area (Å²) in [6.07, 6.45) is 10.2. The van der Waals surface area contributed by atoms with Gasteiger partial charge in [0.05, 0.1) is 23.3 Å². The Balaban J connectivity index is 1.10. The van der Waals surface area contributed by atoms with E-state index < -0.39 is 36.1 Å². The van der Waals surface area contributed by atoms with E-state index in [1.807, 2.05) is 43.3 Å². The molecule has 0 fully saturated rings. The number of rotatable bonds is 18. The molecule has 398 valence electrons. The van der Waals surface area contributed by atoms with E-state index in [-0.39, 0.29) is 53.6 Å². The van der Waals surface area contributed by atoms with Crippen molar-refractivity contribution in [3.63, 3.8) is 0 Å². The molecule has 0 saturated carbocycles. The van der Waals surface area contributed by atoms with Crippen LogP contribution < -0.4 is 18.9 Å². The molecule has 0 saturated heterocycles. The zero-order chi connectivity index (χ0) is 54.2. The Labute approximate surface area is 448 Å². The van der Waals surface area contributed by atoms with Crippen LogP contribution in [0.2, 0.25) is 0 Å². The standard InChI is InChI=1S/C65H72O11/c1-38(2)19-16-27-49(51-31-29-40(5)56-54(51)33-42(7)59(74-63(69)46-22-12-10-13-23-46)61(56)75-64(70)47-24-14-11-15-25-47)37-71-62(68)48-26-18-21-45(34-48)35-50-36-55(72-43(8)66)57-41(6)30-32-52-53(28-17-20-39(3)4)65(73-44(9)67)76-60(50)58(52)57/h10-15,18-26,33-34,36,40-41,49,51-53,65H,16-17,27-32,35,37H2,1-9H3/t40-,41-,49-,51+,52+,53+,65?/m1/s1. The van der Waals surface area contributed by atoms with Gasteiger partial charge in [-0.05, 0) is 169 Å². The highest BCUT2D eigenvalue weighted by atomic mass is 16.7. The molecule has 2 aliphatic carbocycles. The topological polar surface area (TPSA) is 141 Å². The number of benzene rings is 5. The number of carbonyl (C=O) groups is 5. The summed E-state index contributed by atoms with van der Waals surface area (Å²) in [7, 11) is 0. The lowest BCUT2D eigenvalue weighted by molar-refractivity contribution is -0.174. The van der Waals surface area contributed by atoms with E-state index in [1.54, 1.807) is 54.6 Å². The molecule has 76 heavy (non-hydrogen) atoms. The van der Waals surface area contributed by atoms with Crippen LogP contribution in [0.25, 0.3) is 0 Å². The van der Waals surface area contributed by atoms with Crippen LogP contribution in [0.15, 0.2) is 120 Å². The fourth-order valence-electron chi connectivity index (χ4n) is 11.6. The lowest BCUT2D eigenvalue weighted by Crippen LogP contribution is -2.41. The summed E-state index contributed by atoms with van der Waals surface area (Å²) < 4.78 is 37.5. The summed E-state index contributed by atoms with van der Waals surface area (Å²) in [5, 5.41) is 0. The minimum atomic E-state index is -0.801. The average molecular weight is 1030 g/mol. The van der Waals surface area contributed by atoms with Crippen molar-refractivity contribution < 1.29 is 52.4 Å². The molecule has 0 radical (unpaired) electrons. The van der Waals surface area contributed by atoms with Crippen LogP contribution in [-0.4, -0.2) is 42.7 Å². The first kappa shape index (κ1) is 55.0. The van der Waals surface area contributed by atoms with E-state index in [4.69, 9.17) is 28.4 Å². The van der Waals surface area contributed by atoms with Crippen LogP contribution in [0.5, 0.6) is 23.0 Å². The zero-order valence-corrected chi connectivity index (χ0v) is 45.5. The van der Waals surface area contributed by atoms with Gasteiger partial charge in [0.1, 0.15) is 11.5 Å². The predicted octanol–water partition coefficient (Wildman–Crippen LogP) is 14.8. The summed E-state index contributed by atoms with van der Waals surface area (Å²) in [6, 6.07) is 28.8. The van der Waals surface area contributed by atoms with E-state index in [0.29, 0.717) is 40.2 Å². The van der Waals surface area contributed by atoms with Crippen LogP contribution in [0.4, 0.5) is 0 Å². The van der Waals surface area contributed by atoms with Gasteiger partial charge >= 0.3 is 29.8 Å². The SMILES string of the molecule is CC(=O)Oc1cc(Cc2cccc(C(=O)OC[C@@H](CCC=C(C)C)[C@@H]3CC[C@@H](C)c4c3cc(C)c(OC(=O)c3ccccc3)c4OC(=O)c3ccccc3)c2)c2c3c1[C@H](C)CC[C@H]3[C@H](CCC=C(C)C)C(OC(C)=O)O2. The normalized spacial score (nSPS) is 19.5. The van der Waals surface area contributed by atoms with Crippen LogP contribution in [0, 0.1) is 18.8 Å². The third kappa shape index (κ3) is 12.9. The van der Waals surface area contributed by atoms with Gasteiger partial charge in [0.2, 0.25) is 6.29 Å². The van der Waals surface area contributed by atoms with Crippen LogP contribution in [0.1, 0.15) is 200 Å². The Morgan fingerprint density at radius 2 is 1.25 bits per heavy atom. The maximum Gasteiger partial charge on any atom is 0.343 e. The minimum Gasteiger partial charge on any atom is -0.462 e. The fraction of sp³-hybridized carbons (Fsp3) is 0.400. The van der Waals surface area contributed by atoms with Gasteiger partial charge in [-0.25, -0.2) is 14.4 Å². The number of allylic oxidation sites excluding steroid dienone is 4. The van der Waals surface area contributed by atoms with Gasteiger partial charge in [-0.1, -0.05) is 91.7 Å². The monoisotopic (exact) mass is 1030 g/mol. The number of hydrogen-bond acceptors (Lipinski definition) is 11. The second-order valence-corrected chi connectivity index (χ2v) is 21.5. The Morgan fingerprint density at radius 1 is 0.632 bits per heavy atom. The summed E-state index contributed by atoms with van der Waals surface area (Å²) in [5.41, 5.74) is 9.45. The van der Waals surface area contributed by atoms with E-state index in [2.05, 4.69) is 59.8 Å². The molecule has 5 aromatic carbocycles. The molecule has 0 spiro atoms. The van der Waals surface area contributed by atoms with E-state index in [0.717, 1.165) is 84.7 Å². The summed E-state index contributed by atoms with van der Waals surface area (Å²) in [4.78, 5) is 67.2. The number of carbonyl (C=O) groups excluding carboxylic acids is 5. The van der Waals surface area contributed by atoms with Gasteiger partial charge in [-0.3, -0.25) is 9.59 Å². The number of ether oxygens (including phenoxy) is 6. The molecule has 0 amide bonds. The fourth-order valence-corrected chi connectivity index (χ4v) is 11.6. The molecule has 0 bridgehead atoms. The molecular weight excluding hydrogens is 957 g/mol. The summed E-state index contributed by atoms with van der Waals surface area (Å²) in [5.74, 6) is -1.16. The van der Waals surface area contributed by atoms with Crippen molar-refractivity contribution in [3.05, 3.63) is 176 Å². The molecule has 1 unspecified atom stereocenters. The van der Waals surface area contributed by atoms with Crippen LogP contribution in [-0.2, 0) is 25.5 Å². The van der Waals surface area contributed by atoms with E-state index >= 15 is 0 Å². The zero-order valence-electron chi connectivity index (χ0n) is 45.5. The number of hydrogen-bond donors (Lipinski definition) is 0. The highest BCUT2D eigenvalue weighted by Gasteiger charge is 2.46. The molecule has 0 aromatic heterocycles. The average Bonchev–Trinajstić information content (AvgIpc) is 3.56. The number of esters is 5. The van der Waals surface area contributed by atoms with Crippen LogP contribution in [0.3, 0.4) is 0 Å². The molecular formula is C65H72O11. The van der Waals surface area contributed by atoms with Gasteiger partial charge in [0.25, 0.3) is 0 Å². The van der Waals surface area contributed by atoms with Gasteiger partial charge in [0.15, 0.2) is 11.5 Å². The Hall–Kier alpha value is -7.27. The third-order valence-corrected chi connectivity index (χ3v) is 15.2. The van der Waals surface area contributed by atoms with E-state index in [1.165, 1.54) is 25.0 Å². The van der Waals surface area contributed by atoms with Gasteiger partial charge in [-0.2, -0.15) is 0 Å². The highest BCUT2D eigenvalue weighted by molar-refractivity contribution is 5.94. The molecule has 7 atom stereocenters. The lowest BCUT2D eigenvalue weighted by atomic mass is 9.68. The Morgan fingerprint density at radius 3 is 1.89 bits per heavy atom. The largest absolute Gasteiger partial charge is 0.462 e. The van der Waals surface area contributed by atoms with Crippen molar-refractivity contribution in [1.82, 2.24) is 0 Å². The second kappa shape index (κ2) is 24.6. The van der Waals surface area contributed by atoms with E-state index in [9.17, 15) is 24.0 Å². The van der Waals surface area contributed by atoms with Crippen molar-refractivity contribution in [3.8, 4) is 23.0 Å². The van der Waals surface area contributed by atoms with Crippen molar-refractivity contribution in [2.24, 2.45) is 11.8 Å². The van der Waals surface area contributed by atoms with Crippen molar-refractivity contribution in [2.75, 3.05) is 6.61 Å². The Bertz CT molecular complexity index is 3020. The quantitative estimate of drug-likeness (QED) is 0.0470. The number of aryl methyl sites for hydroxylation is 1. The second-order valence-electron chi connectivity index (χ2n) is 21.5. The molecule has 1 aliphatic heterocycles. The minimum absolute atomic E-state index is 0.00323. The van der Waals surface area contributed by atoms with Gasteiger partial charge < -0.3 is 28.4 Å². The summed E-state index contributed by atoms with van der Waals surface area (Å²) >= 11 is 0. The highest BCUT2D eigenvalue weighted by Crippen LogP contribution is 2.57. The van der Waals surface area contributed by atoms with Gasteiger partial charge in [-0.15, -0.1) is 0 Å². The molecule has 11 heteroatoms. The summed E-state index contributed by atoms with van der Waals surface area (Å²) in [6.45, 7) is 17.3. The Kier molecular flexibility index (Phi) is 17.8. The lowest BCUT2D eigenvalue weighted by Gasteiger charge is -2.44. The smallest absolute Gasteiger partial charge is 0.343 e.